The third-order valence-corrected chi connectivity index (χ3v) is 2.17. The number of hydrogen-bond donors (Lipinski definition) is 2. The predicted octanol–water partition coefficient (Wildman–Crippen LogP) is 0.921. The number of aromatic nitrogens is 2. The van der Waals surface area contributed by atoms with E-state index in [0.29, 0.717) is 37.1 Å². The Morgan fingerprint density at radius 3 is 2.61 bits per heavy atom. The fraction of sp³-hybridized carbons (Fsp3) is 0.583. The lowest BCUT2D eigenvalue weighted by Gasteiger charge is -2.08. The highest BCUT2D eigenvalue weighted by Crippen LogP contribution is 2.00. The SMILES string of the molecule is COCCNc1ncc(C(=O)NCC(C)C)cn1. The number of carbonyl (C=O) groups is 1. The van der Waals surface area contributed by atoms with Gasteiger partial charge in [0, 0.05) is 32.6 Å². The van der Waals surface area contributed by atoms with Crippen molar-refractivity contribution in [2.45, 2.75) is 13.8 Å². The molecule has 0 aliphatic carbocycles. The third kappa shape index (κ3) is 5.09. The van der Waals surface area contributed by atoms with E-state index in [1.807, 2.05) is 13.8 Å². The molecule has 1 aromatic heterocycles. The fourth-order valence-electron chi connectivity index (χ4n) is 1.20. The summed E-state index contributed by atoms with van der Waals surface area (Å²) in [6.07, 6.45) is 3.02. The zero-order valence-corrected chi connectivity index (χ0v) is 11.1. The molecule has 6 nitrogen and oxygen atoms in total. The lowest BCUT2D eigenvalue weighted by Crippen LogP contribution is -2.27. The van der Waals surface area contributed by atoms with Crippen molar-refractivity contribution in [3.63, 3.8) is 0 Å². The molecule has 1 aromatic rings. The van der Waals surface area contributed by atoms with Crippen molar-refractivity contribution in [2.75, 3.05) is 32.1 Å². The number of carbonyl (C=O) groups excluding carboxylic acids is 1. The maximum absolute atomic E-state index is 11.7. The number of methoxy groups -OCH3 is 1. The molecule has 0 bridgehead atoms. The van der Waals surface area contributed by atoms with Crippen LogP contribution < -0.4 is 10.6 Å². The van der Waals surface area contributed by atoms with Crippen LogP contribution in [0.25, 0.3) is 0 Å². The van der Waals surface area contributed by atoms with E-state index in [1.165, 1.54) is 12.4 Å². The van der Waals surface area contributed by atoms with Gasteiger partial charge in [-0.25, -0.2) is 9.97 Å². The average Bonchev–Trinajstić information content (AvgIpc) is 2.37. The summed E-state index contributed by atoms with van der Waals surface area (Å²) in [4.78, 5) is 19.8. The topological polar surface area (TPSA) is 76.1 Å². The highest BCUT2D eigenvalue weighted by molar-refractivity contribution is 5.93. The van der Waals surface area contributed by atoms with Crippen LogP contribution in [0.1, 0.15) is 24.2 Å². The normalized spacial score (nSPS) is 10.4. The number of anilines is 1. The lowest BCUT2D eigenvalue weighted by atomic mass is 10.2. The zero-order chi connectivity index (χ0) is 13.4. The van der Waals surface area contributed by atoms with Gasteiger partial charge in [-0.2, -0.15) is 0 Å². The first-order valence-electron chi connectivity index (χ1n) is 5.96. The highest BCUT2D eigenvalue weighted by atomic mass is 16.5. The second kappa shape index (κ2) is 7.60. The second-order valence-corrected chi connectivity index (χ2v) is 4.32. The maximum Gasteiger partial charge on any atom is 0.254 e. The number of ether oxygens (including phenoxy) is 1. The minimum atomic E-state index is -0.146. The number of nitrogens with zero attached hydrogens (tertiary/aromatic N) is 2. The maximum atomic E-state index is 11.7. The molecule has 0 spiro atoms. The van der Waals surface area contributed by atoms with Crippen molar-refractivity contribution >= 4 is 11.9 Å². The molecule has 6 heteroatoms. The molecule has 1 heterocycles. The van der Waals surface area contributed by atoms with Crippen molar-refractivity contribution in [1.29, 1.82) is 0 Å². The zero-order valence-electron chi connectivity index (χ0n) is 11.1. The first kappa shape index (κ1) is 14.4. The molecule has 0 radical (unpaired) electrons. The molecule has 0 fully saturated rings. The molecule has 0 aliphatic heterocycles. The van der Waals surface area contributed by atoms with E-state index in [-0.39, 0.29) is 5.91 Å². The van der Waals surface area contributed by atoms with Crippen LogP contribution in [0.15, 0.2) is 12.4 Å². The molecule has 0 saturated carbocycles. The summed E-state index contributed by atoms with van der Waals surface area (Å²) in [6.45, 7) is 5.95. The Bertz CT molecular complexity index is 365. The molecule has 1 rings (SSSR count). The highest BCUT2D eigenvalue weighted by Gasteiger charge is 2.07. The van der Waals surface area contributed by atoms with Crippen molar-refractivity contribution in [2.24, 2.45) is 5.92 Å². The van der Waals surface area contributed by atoms with Gasteiger partial charge in [0.05, 0.1) is 12.2 Å². The van der Waals surface area contributed by atoms with Crippen LogP contribution in [0.4, 0.5) is 5.95 Å². The predicted molar refractivity (Wildman–Crippen MR) is 69.6 cm³/mol. The van der Waals surface area contributed by atoms with E-state index >= 15 is 0 Å². The molecule has 18 heavy (non-hydrogen) atoms. The number of amides is 1. The monoisotopic (exact) mass is 252 g/mol. The van der Waals surface area contributed by atoms with Crippen LogP contribution in [0, 0.1) is 5.92 Å². The Kier molecular flexibility index (Phi) is 6.07. The van der Waals surface area contributed by atoms with E-state index in [1.54, 1.807) is 7.11 Å². The number of nitrogens with one attached hydrogen (secondary N) is 2. The van der Waals surface area contributed by atoms with Gasteiger partial charge >= 0.3 is 0 Å². The van der Waals surface area contributed by atoms with Crippen molar-refractivity contribution in [1.82, 2.24) is 15.3 Å². The fourth-order valence-corrected chi connectivity index (χ4v) is 1.20. The molecule has 0 aromatic carbocycles. The Morgan fingerprint density at radius 2 is 2.06 bits per heavy atom. The van der Waals surface area contributed by atoms with Crippen LogP contribution in [-0.4, -0.2) is 42.7 Å². The summed E-state index contributed by atoms with van der Waals surface area (Å²) in [6, 6.07) is 0. The molecule has 0 unspecified atom stereocenters. The molecule has 0 saturated heterocycles. The smallest absolute Gasteiger partial charge is 0.254 e. The molecule has 1 amide bonds. The van der Waals surface area contributed by atoms with Gasteiger partial charge in [-0.3, -0.25) is 4.79 Å². The summed E-state index contributed by atoms with van der Waals surface area (Å²) in [5.41, 5.74) is 0.466. The molecule has 2 N–H and O–H groups in total. The van der Waals surface area contributed by atoms with Crippen molar-refractivity contribution < 1.29 is 9.53 Å². The van der Waals surface area contributed by atoms with Gasteiger partial charge in [0.15, 0.2) is 0 Å². The number of rotatable bonds is 7. The first-order chi connectivity index (χ1) is 8.63. The molecular formula is C12H20N4O2. The van der Waals surface area contributed by atoms with Crippen LogP contribution in [0.3, 0.4) is 0 Å². The average molecular weight is 252 g/mol. The van der Waals surface area contributed by atoms with E-state index in [2.05, 4.69) is 20.6 Å². The summed E-state index contributed by atoms with van der Waals surface area (Å²) in [5.74, 6) is 0.768. The molecule has 100 valence electrons. The van der Waals surface area contributed by atoms with E-state index in [0.717, 1.165) is 0 Å². The summed E-state index contributed by atoms with van der Waals surface area (Å²) in [7, 11) is 1.63. The molecular weight excluding hydrogens is 232 g/mol. The van der Waals surface area contributed by atoms with Crippen LogP contribution in [0.2, 0.25) is 0 Å². The Hall–Kier alpha value is -1.69. The molecule has 0 atom stereocenters. The quantitative estimate of drug-likeness (QED) is 0.706. The van der Waals surface area contributed by atoms with Crippen LogP contribution >= 0.6 is 0 Å². The standard InChI is InChI=1S/C12H20N4O2/c1-9(2)6-14-11(17)10-7-15-12(16-8-10)13-4-5-18-3/h7-9H,4-6H2,1-3H3,(H,14,17)(H,13,15,16). The van der Waals surface area contributed by atoms with E-state index < -0.39 is 0 Å². The van der Waals surface area contributed by atoms with Gasteiger partial charge in [0.2, 0.25) is 5.95 Å². The van der Waals surface area contributed by atoms with Crippen molar-refractivity contribution in [3.05, 3.63) is 18.0 Å². The third-order valence-electron chi connectivity index (χ3n) is 2.17. The Morgan fingerprint density at radius 1 is 1.39 bits per heavy atom. The van der Waals surface area contributed by atoms with Gasteiger partial charge < -0.3 is 15.4 Å². The molecule has 0 aliphatic rings. The van der Waals surface area contributed by atoms with Crippen LogP contribution in [0.5, 0.6) is 0 Å². The number of hydrogen-bond acceptors (Lipinski definition) is 5. The van der Waals surface area contributed by atoms with Gasteiger partial charge in [0.1, 0.15) is 0 Å². The van der Waals surface area contributed by atoms with Gasteiger partial charge in [0.25, 0.3) is 5.91 Å². The second-order valence-electron chi connectivity index (χ2n) is 4.32. The minimum Gasteiger partial charge on any atom is -0.383 e. The van der Waals surface area contributed by atoms with Gasteiger partial charge in [-0.1, -0.05) is 13.8 Å². The largest absolute Gasteiger partial charge is 0.383 e. The summed E-state index contributed by atoms with van der Waals surface area (Å²) < 4.78 is 4.90. The minimum absolute atomic E-state index is 0.146. The van der Waals surface area contributed by atoms with Gasteiger partial charge in [-0.15, -0.1) is 0 Å². The van der Waals surface area contributed by atoms with E-state index in [4.69, 9.17) is 4.74 Å². The lowest BCUT2D eigenvalue weighted by molar-refractivity contribution is 0.0948. The Balaban J connectivity index is 2.46. The van der Waals surface area contributed by atoms with Crippen molar-refractivity contribution in [3.8, 4) is 0 Å². The Labute approximate surface area is 107 Å². The first-order valence-corrected chi connectivity index (χ1v) is 5.96. The summed E-state index contributed by atoms with van der Waals surface area (Å²) in [5, 5.41) is 5.79. The van der Waals surface area contributed by atoms with Crippen LogP contribution in [-0.2, 0) is 4.74 Å². The van der Waals surface area contributed by atoms with Gasteiger partial charge in [-0.05, 0) is 5.92 Å². The van der Waals surface area contributed by atoms with E-state index in [9.17, 15) is 4.79 Å². The summed E-state index contributed by atoms with van der Waals surface area (Å²) >= 11 is 0.